The van der Waals surface area contributed by atoms with Crippen molar-refractivity contribution in [1.82, 2.24) is 9.78 Å². The first-order valence-corrected chi connectivity index (χ1v) is 6.35. The molecule has 0 unspecified atom stereocenters. The molecule has 0 bridgehead atoms. The van der Waals surface area contributed by atoms with Crippen molar-refractivity contribution in [3.05, 3.63) is 41.7 Å². The normalized spacial score (nSPS) is 10.5. The van der Waals surface area contributed by atoms with E-state index in [0.29, 0.717) is 5.75 Å². The van der Waals surface area contributed by atoms with Gasteiger partial charge in [0, 0.05) is 11.8 Å². The summed E-state index contributed by atoms with van der Waals surface area (Å²) in [6.07, 6.45) is 1.76. The minimum atomic E-state index is -1.82. The lowest BCUT2D eigenvalue weighted by atomic mass is 10.2. The van der Waals surface area contributed by atoms with Gasteiger partial charge in [-0.25, -0.2) is 4.68 Å². The Bertz CT molecular complexity index is 555. The average molecular weight is 260 g/mol. The van der Waals surface area contributed by atoms with Crippen LogP contribution >= 0.6 is 0 Å². The quantitative estimate of drug-likeness (QED) is 0.796. The summed E-state index contributed by atoms with van der Waals surface area (Å²) in [5.41, 5.74) is 2.98. The Labute approximate surface area is 112 Å². The van der Waals surface area contributed by atoms with E-state index in [1.54, 1.807) is 18.2 Å². The average Bonchev–Trinajstić information content (AvgIpc) is 2.81. The summed E-state index contributed by atoms with van der Waals surface area (Å²) in [6.45, 7) is 4.14. The first-order chi connectivity index (χ1) is 9.13. The van der Waals surface area contributed by atoms with Gasteiger partial charge in [-0.1, -0.05) is 19.9 Å². The third-order valence-corrected chi connectivity index (χ3v) is 2.86. The summed E-state index contributed by atoms with van der Waals surface area (Å²) in [5, 5.41) is 22.2. The number of rotatable bonds is 5. The maximum atomic E-state index is 8.82. The molecule has 100 valence electrons. The van der Waals surface area contributed by atoms with Crippen LogP contribution in [0.1, 0.15) is 25.2 Å². The van der Waals surface area contributed by atoms with E-state index < -0.39 is 7.32 Å². The molecule has 0 spiro atoms. The number of hydrogen-bond acceptors (Lipinski definition) is 4. The second-order valence-corrected chi connectivity index (χ2v) is 4.19. The first kappa shape index (κ1) is 13.6. The number of hydrogen-bond donors (Lipinski definition) is 2. The van der Waals surface area contributed by atoms with E-state index in [1.165, 1.54) is 0 Å². The lowest BCUT2D eigenvalue weighted by molar-refractivity contribution is 0.288. The van der Waals surface area contributed by atoms with E-state index in [1.807, 2.05) is 10.7 Å². The largest absolute Gasteiger partial charge is 0.707 e. The predicted octanol–water partition coefficient (Wildman–Crippen LogP) is 1.35. The van der Waals surface area contributed by atoms with Gasteiger partial charge >= 0.3 is 7.32 Å². The van der Waals surface area contributed by atoms with Crippen molar-refractivity contribution < 1.29 is 14.7 Å². The number of aromatic nitrogens is 2. The van der Waals surface area contributed by atoms with Crippen LogP contribution in [0.25, 0.3) is 5.69 Å². The minimum Gasteiger partial charge on any atom is -0.512 e. The van der Waals surface area contributed by atoms with Gasteiger partial charge in [-0.15, -0.1) is 0 Å². The molecule has 6 heteroatoms. The number of aryl methyl sites for hydroxylation is 2. The molecule has 1 heterocycles. The summed E-state index contributed by atoms with van der Waals surface area (Å²) < 4.78 is 6.71. The minimum absolute atomic E-state index is 0.392. The summed E-state index contributed by atoms with van der Waals surface area (Å²) in [6, 6.07) is 9.17. The number of benzene rings is 1. The molecule has 0 aliphatic heterocycles. The Morgan fingerprint density at radius 1 is 1.21 bits per heavy atom. The van der Waals surface area contributed by atoms with E-state index in [4.69, 9.17) is 14.7 Å². The molecule has 0 aliphatic rings. The van der Waals surface area contributed by atoms with Crippen molar-refractivity contribution in [3.8, 4) is 11.4 Å². The Kier molecular flexibility index (Phi) is 4.24. The molecule has 0 radical (unpaired) electrons. The van der Waals surface area contributed by atoms with Crippen molar-refractivity contribution >= 4 is 7.32 Å². The van der Waals surface area contributed by atoms with Gasteiger partial charge in [0.1, 0.15) is 5.75 Å². The molecule has 5 nitrogen and oxygen atoms in total. The van der Waals surface area contributed by atoms with Crippen LogP contribution in [-0.4, -0.2) is 27.1 Å². The molecule has 0 aliphatic carbocycles. The molecule has 1 aromatic heterocycles. The van der Waals surface area contributed by atoms with Crippen molar-refractivity contribution in [1.29, 1.82) is 0 Å². The molecule has 1 aromatic carbocycles. The molecule has 2 N–H and O–H groups in total. The highest BCUT2D eigenvalue weighted by atomic mass is 16.6. The van der Waals surface area contributed by atoms with Gasteiger partial charge in [-0.2, -0.15) is 5.10 Å². The van der Waals surface area contributed by atoms with Gasteiger partial charge in [0.25, 0.3) is 0 Å². The van der Waals surface area contributed by atoms with Crippen LogP contribution < -0.4 is 4.65 Å². The zero-order valence-electron chi connectivity index (χ0n) is 11.1. The molecule has 0 amide bonds. The van der Waals surface area contributed by atoms with Crippen LogP contribution in [0.5, 0.6) is 5.75 Å². The van der Waals surface area contributed by atoms with E-state index in [9.17, 15) is 0 Å². The zero-order chi connectivity index (χ0) is 13.8. The highest BCUT2D eigenvalue weighted by molar-refractivity contribution is 6.33. The van der Waals surface area contributed by atoms with Gasteiger partial charge in [0.15, 0.2) is 0 Å². The lowest BCUT2D eigenvalue weighted by Crippen LogP contribution is -2.20. The molecule has 0 fully saturated rings. The Hall–Kier alpha value is -1.79. The summed E-state index contributed by atoms with van der Waals surface area (Å²) in [4.78, 5) is 0. The predicted molar refractivity (Wildman–Crippen MR) is 73.1 cm³/mol. The fraction of sp³-hybridized carbons (Fsp3) is 0.308. The highest BCUT2D eigenvalue weighted by Crippen LogP contribution is 2.19. The fourth-order valence-electron chi connectivity index (χ4n) is 1.93. The van der Waals surface area contributed by atoms with Gasteiger partial charge in [-0.3, -0.25) is 0 Å². The maximum Gasteiger partial charge on any atom is 0.707 e. The standard InChI is InChI=1S/C13H17BN2O3/c1-3-10-8-11(4-2)16(15-10)12-6-5-7-13(9-12)19-14(17)18/h5-9,17-18H,3-4H2,1-2H3. The van der Waals surface area contributed by atoms with Gasteiger partial charge in [-0.05, 0) is 31.0 Å². The second kappa shape index (κ2) is 5.90. The monoisotopic (exact) mass is 260 g/mol. The van der Waals surface area contributed by atoms with Crippen molar-refractivity contribution in [2.75, 3.05) is 0 Å². The van der Waals surface area contributed by atoms with Gasteiger partial charge in [0.2, 0.25) is 0 Å². The molecular weight excluding hydrogens is 243 g/mol. The lowest BCUT2D eigenvalue weighted by Gasteiger charge is -2.09. The van der Waals surface area contributed by atoms with Crippen LogP contribution in [0.4, 0.5) is 0 Å². The van der Waals surface area contributed by atoms with E-state index >= 15 is 0 Å². The van der Waals surface area contributed by atoms with Crippen molar-refractivity contribution in [2.24, 2.45) is 0 Å². The Morgan fingerprint density at radius 2 is 2.00 bits per heavy atom. The topological polar surface area (TPSA) is 67.5 Å². The van der Waals surface area contributed by atoms with Crippen LogP contribution in [-0.2, 0) is 12.8 Å². The Morgan fingerprint density at radius 3 is 2.63 bits per heavy atom. The van der Waals surface area contributed by atoms with E-state index in [0.717, 1.165) is 29.9 Å². The van der Waals surface area contributed by atoms with E-state index in [2.05, 4.69) is 25.0 Å². The van der Waals surface area contributed by atoms with Crippen molar-refractivity contribution in [2.45, 2.75) is 26.7 Å². The summed E-state index contributed by atoms with van der Waals surface area (Å²) >= 11 is 0. The maximum absolute atomic E-state index is 8.82. The van der Waals surface area contributed by atoms with Gasteiger partial charge in [0.05, 0.1) is 11.4 Å². The van der Waals surface area contributed by atoms with Crippen LogP contribution in [0.3, 0.4) is 0 Å². The molecule has 2 aromatic rings. The first-order valence-electron chi connectivity index (χ1n) is 6.35. The highest BCUT2D eigenvalue weighted by Gasteiger charge is 2.13. The smallest absolute Gasteiger partial charge is 0.512 e. The van der Waals surface area contributed by atoms with Crippen LogP contribution in [0.15, 0.2) is 30.3 Å². The molecule has 0 saturated carbocycles. The van der Waals surface area contributed by atoms with Crippen molar-refractivity contribution in [3.63, 3.8) is 0 Å². The third-order valence-electron chi connectivity index (χ3n) is 2.86. The van der Waals surface area contributed by atoms with Crippen LogP contribution in [0, 0.1) is 0 Å². The van der Waals surface area contributed by atoms with Crippen LogP contribution in [0.2, 0.25) is 0 Å². The fourth-order valence-corrected chi connectivity index (χ4v) is 1.93. The van der Waals surface area contributed by atoms with E-state index in [-0.39, 0.29) is 0 Å². The SMILES string of the molecule is CCc1cc(CC)n(-c2cccc(OB(O)O)c2)n1. The zero-order valence-corrected chi connectivity index (χ0v) is 11.1. The second-order valence-electron chi connectivity index (χ2n) is 4.19. The molecule has 2 rings (SSSR count). The summed E-state index contributed by atoms with van der Waals surface area (Å²) in [7, 11) is -1.82. The summed E-state index contributed by atoms with van der Waals surface area (Å²) in [5.74, 6) is 0.392. The molecule has 0 saturated heterocycles. The third kappa shape index (κ3) is 3.16. The molecular formula is C13H17BN2O3. The molecule has 19 heavy (non-hydrogen) atoms. The van der Waals surface area contributed by atoms with Gasteiger partial charge < -0.3 is 14.7 Å². The number of nitrogens with zero attached hydrogens (tertiary/aromatic N) is 2. The molecule has 0 atom stereocenters. The Balaban J connectivity index is 2.38.